The highest BCUT2D eigenvalue weighted by molar-refractivity contribution is 5.74. The van der Waals surface area contributed by atoms with Crippen LogP contribution in [0.3, 0.4) is 0 Å². The van der Waals surface area contributed by atoms with Gasteiger partial charge < -0.3 is 14.8 Å². The van der Waals surface area contributed by atoms with Crippen molar-refractivity contribution in [2.45, 2.75) is 13.0 Å². The van der Waals surface area contributed by atoms with Crippen molar-refractivity contribution in [3.8, 4) is 16.9 Å². The summed E-state index contributed by atoms with van der Waals surface area (Å²) >= 11 is 0. The van der Waals surface area contributed by atoms with E-state index in [9.17, 15) is 0 Å². The maximum atomic E-state index is 5.88. The molecule has 0 saturated carbocycles. The Balaban J connectivity index is 1.97. The highest BCUT2D eigenvalue weighted by atomic mass is 16.5. The minimum Gasteiger partial charge on any atom is -0.491 e. The summed E-state index contributed by atoms with van der Waals surface area (Å²) in [6, 6.07) is 14.8. The first-order valence-electron chi connectivity index (χ1n) is 7.43. The van der Waals surface area contributed by atoms with Crippen molar-refractivity contribution in [1.29, 1.82) is 0 Å². The van der Waals surface area contributed by atoms with E-state index in [-0.39, 0.29) is 0 Å². The van der Waals surface area contributed by atoms with Crippen molar-refractivity contribution in [2.24, 2.45) is 0 Å². The second kappa shape index (κ2) is 6.74. The van der Waals surface area contributed by atoms with E-state index in [1.165, 1.54) is 22.3 Å². The lowest BCUT2D eigenvalue weighted by atomic mass is 9.91. The van der Waals surface area contributed by atoms with Crippen LogP contribution >= 0.6 is 0 Å². The molecule has 0 amide bonds. The molecule has 1 aliphatic rings. The molecule has 3 heteroatoms. The largest absolute Gasteiger partial charge is 0.491 e. The Hall–Kier alpha value is -1.84. The quantitative estimate of drug-likeness (QED) is 0.856. The van der Waals surface area contributed by atoms with Gasteiger partial charge in [-0.1, -0.05) is 36.4 Å². The molecule has 0 saturated heterocycles. The van der Waals surface area contributed by atoms with Crippen LogP contribution in [-0.4, -0.2) is 26.9 Å². The van der Waals surface area contributed by atoms with Crippen LogP contribution in [0.1, 0.15) is 11.1 Å². The third-order valence-electron chi connectivity index (χ3n) is 3.86. The van der Waals surface area contributed by atoms with Crippen molar-refractivity contribution >= 4 is 0 Å². The van der Waals surface area contributed by atoms with Crippen LogP contribution in [0, 0.1) is 0 Å². The van der Waals surface area contributed by atoms with Crippen molar-refractivity contribution in [3.63, 3.8) is 0 Å². The maximum Gasteiger partial charge on any atom is 0.127 e. The van der Waals surface area contributed by atoms with Gasteiger partial charge in [0.1, 0.15) is 12.4 Å². The van der Waals surface area contributed by atoms with Crippen LogP contribution in [0.5, 0.6) is 5.75 Å². The standard InChI is InChI=1S/C18H21NO2/c1-20-11-12-21-18-8-3-2-6-17(18)16-7-4-5-14-13-19-10-9-15(14)16/h2-8,19H,9-13H2,1H3. The lowest BCUT2D eigenvalue weighted by Gasteiger charge is -2.21. The summed E-state index contributed by atoms with van der Waals surface area (Å²) in [5.74, 6) is 0.932. The summed E-state index contributed by atoms with van der Waals surface area (Å²) in [5.41, 5.74) is 5.30. The average molecular weight is 283 g/mol. The predicted molar refractivity (Wildman–Crippen MR) is 84.7 cm³/mol. The van der Waals surface area contributed by atoms with Gasteiger partial charge in [0.25, 0.3) is 0 Å². The zero-order valence-electron chi connectivity index (χ0n) is 12.4. The van der Waals surface area contributed by atoms with Crippen LogP contribution in [0.15, 0.2) is 42.5 Å². The number of methoxy groups -OCH3 is 1. The molecular weight excluding hydrogens is 262 g/mol. The van der Waals surface area contributed by atoms with Gasteiger partial charge in [0.05, 0.1) is 6.61 Å². The van der Waals surface area contributed by atoms with Crippen molar-refractivity contribution in [2.75, 3.05) is 26.9 Å². The van der Waals surface area contributed by atoms with Crippen molar-refractivity contribution in [1.82, 2.24) is 5.32 Å². The van der Waals surface area contributed by atoms with E-state index in [4.69, 9.17) is 9.47 Å². The Morgan fingerprint density at radius 3 is 2.76 bits per heavy atom. The molecule has 1 N–H and O–H groups in total. The second-order valence-electron chi connectivity index (χ2n) is 5.21. The third kappa shape index (κ3) is 3.09. The van der Waals surface area contributed by atoms with Crippen LogP contribution < -0.4 is 10.1 Å². The predicted octanol–water partition coefficient (Wildman–Crippen LogP) is 3.02. The fourth-order valence-corrected chi connectivity index (χ4v) is 2.83. The number of para-hydroxylation sites is 1. The Labute approximate surface area is 125 Å². The number of fused-ring (bicyclic) bond motifs is 1. The Morgan fingerprint density at radius 2 is 1.86 bits per heavy atom. The third-order valence-corrected chi connectivity index (χ3v) is 3.86. The number of hydrogen-bond acceptors (Lipinski definition) is 3. The fourth-order valence-electron chi connectivity index (χ4n) is 2.83. The summed E-state index contributed by atoms with van der Waals surface area (Å²) in [6.07, 6.45) is 1.07. The Kier molecular flexibility index (Phi) is 4.53. The zero-order valence-corrected chi connectivity index (χ0v) is 12.4. The molecule has 0 unspecified atom stereocenters. The molecule has 3 rings (SSSR count). The van der Waals surface area contributed by atoms with E-state index >= 15 is 0 Å². The number of hydrogen-bond donors (Lipinski definition) is 1. The van der Waals surface area contributed by atoms with Gasteiger partial charge in [0.2, 0.25) is 0 Å². The molecule has 2 aromatic carbocycles. The first-order chi connectivity index (χ1) is 10.4. The van der Waals surface area contributed by atoms with E-state index in [2.05, 4.69) is 35.6 Å². The van der Waals surface area contributed by atoms with Crippen LogP contribution in [0.2, 0.25) is 0 Å². The average Bonchev–Trinajstić information content (AvgIpc) is 2.55. The minimum absolute atomic E-state index is 0.574. The van der Waals surface area contributed by atoms with Crippen molar-refractivity contribution in [3.05, 3.63) is 53.6 Å². The molecule has 0 fully saturated rings. The van der Waals surface area contributed by atoms with Crippen LogP contribution in [-0.2, 0) is 17.7 Å². The van der Waals surface area contributed by atoms with E-state index in [1.54, 1.807) is 7.11 Å². The Bertz CT molecular complexity index is 610. The molecule has 0 atom stereocenters. The first kappa shape index (κ1) is 14.1. The summed E-state index contributed by atoms with van der Waals surface area (Å²) < 4.78 is 10.9. The molecule has 0 aliphatic carbocycles. The molecule has 2 aromatic rings. The number of ether oxygens (including phenoxy) is 2. The van der Waals surface area contributed by atoms with Gasteiger partial charge in [0, 0.05) is 19.2 Å². The fraction of sp³-hybridized carbons (Fsp3) is 0.333. The van der Waals surface area contributed by atoms with Gasteiger partial charge in [-0.2, -0.15) is 0 Å². The summed E-state index contributed by atoms with van der Waals surface area (Å²) in [7, 11) is 1.69. The molecule has 0 bridgehead atoms. The minimum atomic E-state index is 0.574. The zero-order chi connectivity index (χ0) is 14.5. The van der Waals surface area contributed by atoms with Crippen molar-refractivity contribution < 1.29 is 9.47 Å². The topological polar surface area (TPSA) is 30.5 Å². The molecule has 0 radical (unpaired) electrons. The molecule has 110 valence electrons. The second-order valence-corrected chi connectivity index (χ2v) is 5.21. The van der Waals surface area contributed by atoms with E-state index in [0.717, 1.165) is 25.3 Å². The molecule has 1 heterocycles. The van der Waals surface area contributed by atoms with Crippen LogP contribution in [0.4, 0.5) is 0 Å². The summed E-state index contributed by atoms with van der Waals surface area (Å²) in [6.45, 7) is 3.17. The smallest absolute Gasteiger partial charge is 0.127 e. The molecule has 0 aromatic heterocycles. The summed E-state index contributed by atoms with van der Waals surface area (Å²) in [5, 5.41) is 3.43. The maximum absolute atomic E-state index is 5.88. The van der Waals surface area contributed by atoms with E-state index < -0.39 is 0 Å². The highest BCUT2D eigenvalue weighted by Gasteiger charge is 2.15. The molecule has 21 heavy (non-hydrogen) atoms. The number of benzene rings is 2. The number of nitrogens with one attached hydrogen (secondary N) is 1. The SMILES string of the molecule is COCCOc1ccccc1-c1cccc2c1CCNC2. The van der Waals surface area contributed by atoms with E-state index in [0.29, 0.717) is 13.2 Å². The molecule has 0 spiro atoms. The molecular formula is C18H21NO2. The monoisotopic (exact) mass is 283 g/mol. The molecule has 1 aliphatic heterocycles. The lowest BCUT2D eigenvalue weighted by Crippen LogP contribution is -2.24. The lowest BCUT2D eigenvalue weighted by molar-refractivity contribution is 0.146. The first-order valence-corrected chi connectivity index (χ1v) is 7.43. The summed E-state index contributed by atoms with van der Waals surface area (Å²) in [4.78, 5) is 0. The number of rotatable bonds is 5. The normalized spacial score (nSPS) is 13.8. The van der Waals surface area contributed by atoms with Gasteiger partial charge in [0.15, 0.2) is 0 Å². The van der Waals surface area contributed by atoms with Crippen LogP contribution in [0.25, 0.3) is 11.1 Å². The molecule has 3 nitrogen and oxygen atoms in total. The van der Waals surface area contributed by atoms with Gasteiger partial charge in [-0.3, -0.25) is 0 Å². The van der Waals surface area contributed by atoms with Gasteiger partial charge >= 0.3 is 0 Å². The van der Waals surface area contributed by atoms with Gasteiger partial charge in [-0.05, 0) is 35.7 Å². The highest BCUT2D eigenvalue weighted by Crippen LogP contribution is 2.34. The van der Waals surface area contributed by atoms with Gasteiger partial charge in [-0.25, -0.2) is 0 Å². The van der Waals surface area contributed by atoms with Gasteiger partial charge in [-0.15, -0.1) is 0 Å². The Morgan fingerprint density at radius 1 is 1.00 bits per heavy atom. The van der Waals surface area contributed by atoms with E-state index in [1.807, 2.05) is 12.1 Å².